The van der Waals surface area contributed by atoms with Crippen LogP contribution in [0.4, 0.5) is 0 Å². The highest BCUT2D eigenvalue weighted by Crippen LogP contribution is 2.23. The Hall–Kier alpha value is -1.45. The number of carbonyl (C=O) groups is 1. The average Bonchev–Trinajstić information content (AvgIpc) is 2.61. The zero-order chi connectivity index (χ0) is 15.7. The van der Waals surface area contributed by atoms with Gasteiger partial charge in [-0.15, -0.1) is 0 Å². The Balaban J connectivity index is 3.33. The Bertz CT molecular complexity index is 608. The van der Waals surface area contributed by atoms with Crippen LogP contribution in [0, 0.1) is 13.8 Å². The number of likely N-dealkylation sites (N-methyl/N-ethyl adjacent to an activating group) is 1. The Kier molecular flexibility index (Phi) is 4.90. The van der Waals surface area contributed by atoms with Crippen LogP contribution in [0.1, 0.15) is 18.3 Å². The Morgan fingerprint density at radius 3 is 2.45 bits per heavy atom. The fourth-order valence-corrected chi connectivity index (χ4v) is 3.55. The predicted octanol–water partition coefficient (Wildman–Crippen LogP) is -0.414. The third-order valence-corrected chi connectivity index (χ3v) is 5.35. The molecule has 0 aromatic carbocycles. The second-order valence-electron chi connectivity index (χ2n) is 4.60. The van der Waals surface area contributed by atoms with Gasteiger partial charge in [0.1, 0.15) is 11.4 Å². The molecule has 0 radical (unpaired) electrons. The second kappa shape index (κ2) is 5.90. The molecule has 0 amide bonds. The second-order valence-corrected chi connectivity index (χ2v) is 6.54. The fraction of sp³-hybridized carbons (Fsp3) is 0.636. The van der Waals surface area contributed by atoms with Gasteiger partial charge in [-0.25, -0.2) is 8.42 Å². The maximum Gasteiger partial charge on any atom is 0.325 e. The highest BCUT2D eigenvalue weighted by atomic mass is 32.2. The van der Waals surface area contributed by atoms with E-state index in [-0.39, 0.29) is 22.9 Å². The molecule has 20 heavy (non-hydrogen) atoms. The molecule has 1 rings (SSSR count). The normalized spacial score (nSPS) is 13.7. The minimum Gasteiger partial charge on any atom is -0.480 e. The summed E-state index contributed by atoms with van der Waals surface area (Å²) in [5, 5.41) is 21.8. The number of hydrogen-bond acceptors (Lipinski definition) is 5. The first-order chi connectivity index (χ1) is 9.12. The van der Waals surface area contributed by atoms with Gasteiger partial charge in [0.05, 0.1) is 18.0 Å². The highest BCUT2D eigenvalue weighted by Gasteiger charge is 2.31. The summed E-state index contributed by atoms with van der Waals surface area (Å²) in [6.07, 6.45) is 0. The maximum absolute atomic E-state index is 12.5. The molecule has 1 aromatic heterocycles. The van der Waals surface area contributed by atoms with Gasteiger partial charge in [-0.05, 0) is 20.8 Å². The lowest BCUT2D eigenvalue weighted by atomic mass is 10.4. The minimum absolute atomic E-state index is 0.0125. The van der Waals surface area contributed by atoms with Crippen LogP contribution in [-0.4, -0.2) is 58.4 Å². The molecule has 0 saturated carbocycles. The summed E-state index contributed by atoms with van der Waals surface area (Å²) in [4.78, 5) is 10.7. The summed E-state index contributed by atoms with van der Waals surface area (Å²) in [5.41, 5.74) is 0.502. The number of aryl methyl sites for hydroxylation is 1. The molecule has 0 spiro atoms. The molecular weight excluding hydrogens is 286 g/mol. The first-order valence-corrected chi connectivity index (χ1v) is 7.41. The van der Waals surface area contributed by atoms with E-state index in [2.05, 4.69) is 5.10 Å². The minimum atomic E-state index is -3.83. The first kappa shape index (κ1) is 16.6. The van der Waals surface area contributed by atoms with E-state index in [9.17, 15) is 13.2 Å². The third kappa shape index (κ3) is 3.00. The van der Waals surface area contributed by atoms with Crippen molar-refractivity contribution in [1.82, 2.24) is 14.1 Å². The molecule has 1 aromatic rings. The van der Waals surface area contributed by atoms with Crippen LogP contribution >= 0.6 is 0 Å². The molecule has 1 heterocycles. The number of sulfonamides is 1. The molecule has 114 valence electrons. The van der Waals surface area contributed by atoms with Gasteiger partial charge in [0.25, 0.3) is 0 Å². The van der Waals surface area contributed by atoms with E-state index in [0.29, 0.717) is 0 Å². The van der Waals surface area contributed by atoms with Crippen molar-refractivity contribution >= 4 is 16.0 Å². The van der Waals surface area contributed by atoms with Crippen molar-refractivity contribution in [2.24, 2.45) is 0 Å². The van der Waals surface area contributed by atoms with E-state index >= 15 is 0 Å². The number of carboxylic acids is 1. The number of hydrogen-bond donors (Lipinski definition) is 2. The molecule has 8 nitrogen and oxygen atoms in total. The molecule has 0 fully saturated rings. The molecule has 0 aliphatic heterocycles. The van der Waals surface area contributed by atoms with E-state index in [1.54, 1.807) is 6.92 Å². The SMILES string of the molecule is Cc1nn(CC(=O)O)c(C)c1S(=O)(=O)N(C)C(C)CO. The summed E-state index contributed by atoms with van der Waals surface area (Å²) in [6.45, 7) is 3.88. The van der Waals surface area contributed by atoms with Gasteiger partial charge in [-0.1, -0.05) is 0 Å². The van der Waals surface area contributed by atoms with Gasteiger partial charge in [-0.2, -0.15) is 9.40 Å². The van der Waals surface area contributed by atoms with Crippen molar-refractivity contribution < 1.29 is 23.4 Å². The van der Waals surface area contributed by atoms with Crippen LogP contribution in [0.3, 0.4) is 0 Å². The van der Waals surface area contributed by atoms with Gasteiger partial charge in [-0.3, -0.25) is 9.48 Å². The Labute approximate surface area is 117 Å². The topological polar surface area (TPSA) is 113 Å². The van der Waals surface area contributed by atoms with Crippen molar-refractivity contribution in [2.45, 2.75) is 38.3 Å². The third-order valence-electron chi connectivity index (χ3n) is 3.12. The van der Waals surface area contributed by atoms with Gasteiger partial charge >= 0.3 is 5.97 Å². The van der Waals surface area contributed by atoms with Crippen molar-refractivity contribution in [1.29, 1.82) is 0 Å². The highest BCUT2D eigenvalue weighted by molar-refractivity contribution is 7.89. The van der Waals surface area contributed by atoms with Gasteiger partial charge < -0.3 is 10.2 Å². The van der Waals surface area contributed by atoms with Crippen LogP contribution in [0.2, 0.25) is 0 Å². The van der Waals surface area contributed by atoms with Crippen LogP contribution in [-0.2, 0) is 21.4 Å². The van der Waals surface area contributed by atoms with Crippen LogP contribution in [0.25, 0.3) is 0 Å². The molecule has 0 aliphatic carbocycles. The molecule has 0 saturated heterocycles. The summed E-state index contributed by atoms with van der Waals surface area (Å²) < 4.78 is 27.2. The van der Waals surface area contributed by atoms with Crippen LogP contribution in [0.15, 0.2) is 4.90 Å². The molecule has 2 N–H and O–H groups in total. The van der Waals surface area contributed by atoms with Crippen molar-refractivity contribution in [3.8, 4) is 0 Å². The maximum atomic E-state index is 12.5. The number of aromatic nitrogens is 2. The van der Waals surface area contributed by atoms with Crippen molar-refractivity contribution in [3.63, 3.8) is 0 Å². The van der Waals surface area contributed by atoms with E-state index < -0.39 is 28.6 Å². The number of aliphatic hydroxyl groups is 1. The van der Waals surface area contributed by atoms with Crippen molar-refractivity contribution in [3.05, 3.63) is 11.4 Å². The lowest BCUT2D eigenvalue weighted by Gasteiger charge is -2.22. The standard InChI is InChI=1S/C11H19N3O5S/c1-7(6-15)13(4)20(18,19)11-8(2)12-14(9(11)3)5-10(16)17/h7,15H,5-6H2,1-4H3,(H,16,17). The van der Waals surface area contributed by atoms with Crippen LogP contribution in [0.5, 0.6) is 0 Å². The molecular formula is C11H19N3O5S. The van der Waals surface area contributed by atoms with Gasteiger partial charge in [0.15, 0.2) is 0 Å². The van der Waals surface area contributed by atoms with E-state index in [1.807, 2.05) is 0 Å². The zero-order valence-corrected chi connectivity index (χ0v) is 12.7. The fourth-order valence-electron chi connectivity index (χ4n) is 1.83. The van der Waals surface area contributed by atoms with Gasteiger partial charge in [0, 0.05) is 13.1 Å². The largest absolute Gasteiger partial charge is 0.480 e. The summed E-state index contributed by atoms with van der Waals surface area (Å²) in [7, 11) is -2.46. The summed E-state index contributed by atoms with van der Waals surface area (Å²) in [6, 6.07) is -0.582. The molecule has 1 unspecified atom stereocenters. The van der Waals surface area contributed by atoms with E-state index in [0.717, 1.165) is 8.99 Å². The Morgan fingerprint density at radius 1 is 1.45 bits per heavy atom. The Morgan fingerprint density at radius 2 is 2.00 bits per heavy atom. The smallest absolute Gasteiger partial charge is 0.325 e. The predicted molar refractivity (Wildman–Crippen MR) is 70.8 cm³/mol. The van der Waals surface area contributed by atoms with Crippen LogP contribution < -0.4 is 0 Å². The summed E-state index contributed by atoms with van der Waals surface area (Å²) in [5.74, 6) is -1.10. The van der Waals surface area contributed by atoms with E-state index in [1.165, 1.54) is 20.9 Å². The molecule has 1 atom stereocenters. The molecule has 9 heteroatoms. The number of nitrogens with zero attached hydrogens (tertiary/aromatic N) is 3. The lowest BCUT2D eigenvalue weighted by Crippen LogP contribution is -2.37. The number of aliphatic hydroxyl groups excluding tert-OH is 1. The number of aliphatic carboxylic acids is 1. The lowest BCUT2D eigenvalue weighted by molar-refractivity contribution is -0.137. The zero-order valence-electron chi connectivity index (χ0n) is 11.9. The monoisotopic (exact) mass is 305 g/mol. The summed E-state index contributed by atoms with van der Waals surface area (Å²) >= 11 is 0. The quantitative estimate of drug-likeness (QED) is 0.738. The number of rotatable bonds is 6. The van der Waals surface area contributed by atoms with Crippen molar-refractivity contribution in [2.75, 3.05) is 13.7 Å². The number of carboxylic acid groups (broad SMARTS) is 1. The first-order valence-electron chi connectivity index (χ1n) is 5.97. The average molecular weight is 305 g/mol. The molecule has 0 aliphatic rings. The molecule has 0 bridgehead atoms. The van der Waals surface area contributed by atoms with Gasteiger partial charge in [0.2, 0.25) is 10.0 Å². The van der Waals surface area contributed by atoms with E-state index in [4.69, 9.17) is 10.2 Å².